The van der Waals surface area contributed by atoms with Crippen molar-refractivity contribution in [3.8, 4) is 0 Å². The minimum Gasteiger partial charge on any atom is -0.469 e. The van der Waals surface area contributed by atoms with Crippen LogP contribution in [-0.2, 0) is 19.1 Å². The molecule has 1 saturated carbocycles. The predicted octanol–water partition coefficient (Wildman–Crippen LogP) is 2.89. The summed E-state index contributed by atoms with van der Waals surface area (Å²) in [6, 6.07) is 6.51. The van der Waals surface area contributed by atoms with Crippen molar-refractivity contribution in [2.45, 2.75) is 45.1 Å². The first-order valence-corrected chi connectivity index (χ1v) is 9.39. The molecule has 1 amide bonds. The van der Waals surface area contributed by atoms with E-state index in [4.69, 9.17) is 9.47 Å². The number of hydrogen-bond acceptors (Lipinski definition) is 5. The third kappa shape index (κ3) is 4.55. The number of aryl methyl sites for hydroxylation is 1. The van der Waals surface area contributed by atoms with Gasteiger partial charge in [-0.1, -0.05) is 6.42 Å². The van der Waals surface area contributed by atoms with Crippen molar-refractivity contribution in [3.63, 3.8) is 0 Å². The van der Waals surface area contributed by atoms with Gasteiger partial charge in [0.15, 0.2) is 0 Å². The van der Waals surface area contributed by atoms with E-state index < -0.39 is 0 Å². The molecule has 1 N–H and O–H groups in total. The van der Waals surface area contributed by atoms with Gasteiger partial charge in [-0.2, -0.15) is 0 Å². The summed E-state index contributed by atoms with van der Waals surface area (Å²) in [5.41, 5.74) is 3.10. The number of methoxy groups -OCH3 is 1. The lowest BCUT2D eigenvalue weighted by atomic mass is 9.83. The van der Waals surface area contributed by atoms with E-state index in [0.29, 0.717) is 31.5 Å². The van der Waals surface area contributed by atoms with Gasteiger partial charge in [-0.3, -0.25) is 9.59 Å². The van der Waals surface area contributed by atoms with Crippen LogP contribution in [0.25, 0.3) is 0 Å². The Kier molecular flexibility index (Phi) is 6.14. The van der Waals surface area contributed by atoms with Gasteiger partial charge in [0.05, 0.1) is 13.7 Å². The summed E-state index contributed by atoms with van der Waals surface area (Å²) in [7, 11) is 1.45. The Morgan fingerprint density at radius 3 is 2.96 bits per heavy atom. The highest BCUT2D eigenvalue weighted by Crippen LogP contribution is 2.31. The SMILES string of the molecule is COC(=O)CC1CCCC(Nc2ccc(N3CCOCC3=O)c(C)c2)C1. The van der Waals surface area contributed by atoms with E-state index in [1.165, 1.54) is 7.11 Å². The Labute approximate surface area is 154 Å². The molecule has 2 unspecified atom stereocenters. The number of amides is 1. The maximum Gasteiger partial charge on any atom is 0.305 e. The number of morpholine rings is 1. The molecule has 0 bridgehead atoms. The van der Waals surface area contributed by atoms with Crippen LogP contribution in [0, 0.1) is 12.8 Å². The van der Waals surface area contributed by atoms with Crippen LogP contribution in [0.2, 0.25) is 0 Å². The number of anilines is 2. The zero-order valence-corrected chi connectivity index (χ0v) is 15.6. The number of benzene rings is 1. The summed E-state index contributed by atoms with van der Waals surface area (Å²) in [6.07, 6.45) is 4.81. The summed E-state index contributed by atoms with van der Waals surface area (Å²) < 4.78 is 10.0. The van der Waals surface area contributed by atoms with Crippen LogP contribution in [0.4, 0.5) is 11.4 Å². The number of nitrogens with one attached hydrogen (secondary N) is 1. The van der Waals surface area contributed by atoms with E-state index in [9.17, 15) is 9.59 Å². The highest BCUT2D eigenvalue weighted by molar-refractivity contribution is 5.95. The molecule has 26 heavy (non-hydrogen) atoms. The first-order valence-electron chi connectivity index (χ1n) is 9.39. The van der Waals surface area contributed by atoms with E-state index in [0.717, 1.165) is 42.6 Å². The number of ether oxygens (including phenoxy) is 2. The summed E-state index contributed by atoms with van der Waals surface area (Å²) >= 11 is 0. The Morgan fingerprint density at radius 2 is 2.23 bits per heavy atom. The van der Waals surface area contributed by atoms with Gasteiger partial charge in [-0.05, 0) is 55.9 Å². The topological polar surface area (TPSA) is 67.9 Å². The summed E-state index contributed by atoms with van der Waals surface area (Å²) in [6.45, 7) is 3.37. The lowest BCUT2D eigenvalue weighted by Gasteiger charge is -2.31. The Hall–Kier alpha value is -2.08. The second-order valence-corrected chi connectivity index (χ2v) is 7.25. The number of carbonyl (C=O) groups is 2. The van der Waals surface area contributed by atoms with Gasteiger partial charge in [0, 0.05) is 30.4 Å². The molecule has 2 atom stereocenters. The molecule has 1 heterocycles. The molecule has 2 aliphatic rings. The van der Waals surface area contributed by atoms with Gasteiger partial charge in [-0.25, -0.2) is 0 Å². The highest BCUT2D eigenvalue weighted by atomic mass is 16.5. The van der Waals surface area contributed by atoms with Crippen molar-refractivity contribution in [2.24, 2.45) is 5.92 Å². The lowest BCUT2D eigenvalue weighted by molar-refractivity contribution is -0.142. The van der Waals surface area contributed by atoms with Gasteiger partial charge in [0.2, 0.25) is 0 Å². The Morgan fingerprint density at radius 1 is 1.38 bits per heavy atom. The number of carbonyl (C=O) groups excluding carboxylic acids is 2. The first kappa shape index (κ1) is 18.7. The van der Waals surface area contributed by atoms with Crippen LogP contribution < -0.4 is 10.2 Å². The third-order valence-electron chi connectivity index (χ3n) is 5.31. The van der Waals surface area contributed by atoms with Crippen molar-refractivity contribution in [1.82, 2.24) is 0 Å². The average molecular weight is 360 g/mol. The summed E-state index contributed by atoms with van der Waals surface area (Å²) in [4.78, 5) is 25.4. The molecule has 2 fully saturated rings. The molecule has 3 rings (SSSR count). The van der Waals surface area contributed by atoms with Gasteiger partial charge in [0.25, 0.3) is 5.91 Å². The molecule has 0 spiro atoms. The number of hydrogen-bond donors (Lipinski definition) is 1. The molecule has 0 aromatic heterocycles. The molecule has 6 heteroatoms. The van der Waals surface area contributed by atoms with Crippen molar-refractivity contribution in [3.05, 3.63) is 23.8 Å². The molecular formula is C20H28N2O4. The molecule has 6 nitrogen and oxygen atoms in total. The minimum atomic E-state index is -0.119. The minimum absolute atomic E-state index is 0.0120. The van der Waals surface area contributed by atoms with Gasteiger partial charge >= 0.3 is 5.97 Å². The third-order valence-corrected chi connectivity index (χ3v) is 5.31. The quantitative estimate of drug-likeness (QED) is 0.818. The van der Waals surface area contributed by atoms with Crippen molar-refractivity contribution in [1.29, 1.82) is 0 Å². The Balaban J connectivity index is 1.62. The fourth-order valence-corrected chi connectivity index (χ4v) is 3.98. The normalized spacial score (nSPS) is 23.6. The molecule has 1 aliphatic heterocycles. The van der Waals surface area contributed by atoms with Crippen LogP contribution in [-0.4, -0.2) is 44.8 Å². The first-order chi connectivity index (χ1) is 12.6. The number of esters is 1. The molecule has 1 aromatic carbocycles. The fourth-order valence-electron chi connectivity index (χ4n) is 3.98. The second kappa shape index (κ2) is 8.54. The van der Waals surface area contributed by atoms with Crippen molar-refractivity contribution >= 4 is 23.3 Å². The van der Waals surface area contributed by atoms with E-state index in [1.807, 2.05) is 19.1 Å². The zero-order chi connectivity index (χ0) is 18.5. The van der Waals surface area contributed by atoms with Crippen LogP contribution in [0.5, 0.6) is 0 Å². The number of nitrogens with zero attached hydrogens (tertiary/aromatic N) is 1. The largest absolute Gasteiger partial charge is 0.469 e. The van der Waals surface area contributed by atoms with E-state index in [1.54, 1.807) is 4.90 Å². The van der Waals surface area contributed by atoms with Crippen molar-refractivity contribution in [2.75, 3.05) is 37.1 Å². The average Bonchev–Trinajstić information content (AvgIpc) is 2.63. The predicted molar refractivity (Wildman–Crippen MR) is 100 cm³/mol. The maximum absolute atomic E-state index is 12.0. The maximum atomic E-state index is 12.0. The van der Waals surface area contributed by atoms with Crippen molar-refractivity contribution < 1.29 is 19.1 Å². The smallest absolute Gasteiger partial charge is 0.305 e. The lowest BCUT2D eigenvalue weighted by Crippen LogP contribution is -2.42. The van der Waals surface area contributed by atoms with Crippen LogP contribution in [0.1, 0.15) is 37.7 Å². The molecular weight excluding hydrogens is 332 g/mol. The molecule has 1 saturated heterocycles. The standard InChI is InChI=1S/C20H28N2O4/c1-14-10-17(6-7-18(14)22-8-9-26-13-19(22)23)21-16-5-3-4-15(11-16)12-20(24)25-2/h6-7,10,15-16,21H,3-5,8-9,11-13H2,1-2H3. The summed E-state index contributed by atoms with van der Waals surface area (Å²) in [5, 5.41) is 3.60. The highest BCUT2D eigenvalue weighted by Gasteiger charge is 2.25. The van der Waals surface area contributed by atoms with E-state index in [2.05, 4.69) is 11.4 Å². The monoisotopic (exact) mass is 360 g/mol. The molecule has 1 aromatic rings. The van der Waals surface area contributed by atoms with Gasteiger partial charge in [-0.15, -0.1) is 0 Å². The van der Waals surface area contributed by atoms with Crippen LogP contribution in [0.15, 0.2) is 18.2 Å². The molecule has 1 aliphatic carbocycles. The van der Waals surface area contributed by atoms with Gasteiger partial charge in [0.1, 0.15) is 6.61 Å². The van der Waals surface area contributed by atoms with Gasteiger partial charge < -0.3 is 19.7 Å². The second-order valence-electron chi connectivity index (χ2n) is 7.25. The van der Waals surface area contributed by atoms with E-state index in [-0.39, 0.29) is 18.5 Å². The fraction of sp³-hybridized carbons (Fsp3) is 0.600. The van der Waals surface area contributed by atoms with Crippen LogP contribution >= 0.6 is 0 Å². The van der Waals surface area contributed by atoms with Crippen LogP contribution in [0.3, 0.4) is 0 Å². The zero-order valence-electron chi connectivity index (χ0n) is 15.6. The molecule has 0 radical (unpaired) electrons. The van der Waals surface area contributed by atoms with E-state index >= 15 is 0 Å². The summed E-state index contributed by atoms with van der Waals surface area (Å²) in [5.74, 6) is 0.282. The Bertz CT molecular complexity index is 661. The number of rotatable bonds is 5. The molecule has 142 valence electrons.